The minimum absolute atomic E-state index is 0.0251. The summed E-state index contributed by atoms with van der Waals surface area (Å²) in [5.41, 5.74) is 0.812. The zero-order valence-electron chi connectivity index (χ0n) is 12.3. The second-order valence-corrected chi connectivity index (χ2v) is 5.94. The maximum Gasteiger partial charge on any atom is 0.322 e. The maximum absolute atomic E-state index is 12.6. The molecule has 3 unspecified atom stereocenters. The van der Waals surface area contributed by atoms with Gasteiger partial charge in [-0.2, -0.15) is 0 Å². The van der Waals surface area contributed by atoms with Gasteiger partial charge in [0.2, 0.25) is 0 Å². The minimum Gasteiger partial charge on any atom is -0.487 e. The van der Waals surface area contributed by atoms with Crippen LogP contribution < -0.4 is 15.0 Å². The van der Waals surface area contributed by atoms with Crippen molar-refractivity contribution in [3.63, 3.8) is 0 Å². The van der Waals surface area contributed by atoms with Gasteiger partial charge in [0, 0.05) is 18.6 Å². The molecule has 1 aromatic rings. The van der Waals surface area contributed by atoms with Crippen molar-refractivity contribution in [2.24, 2.45) is 5.92 Å². The molecule has 0 aromatic heterocycles. The SMILES string of the molecule is CC1CN(C(=O)NC2CCCC2CO)c2ccccc2O1. The summed E-state index contributed by atoms with van der Waals surface area (Å²) in [7, 11) is 0. The highest BCUT2D eigenvalue weighted by molar-refractivity contribution is 5.94. The number of hydrogen-bond donors (Lipinski definition) is 2. The Kier molecular flexibility index (Phi) is 4.01. The van der Waals surface area contributed by atoms with Gasteiger partial charge in [0.05, 0.1) is 12.2 Å². The molecule has 1 aromatic carbocycles. The Morgan fingerprint density at radius 1 is 1.43 bits per heavy atom. The zero-order chi connectivity index (χ0) is 14.8. The maximum atomic E-state index is 12.6. The van der Waals surface area contributed by atoms with Crippen LogP contribution in [0.25, 0.3) is 0 Å². The summed E-state index contributed by atoms with van der Waals surface area (Å²) in [6.45, 7) is 2.64. The van der Waals surface area contributed by atoms with Crippen LogP contribution in [0.5, 0.6) is 5.75 Å². The second kappa shape index (κ2) is 5.93. The summed E-state index contributed by atoms with van der Waals surface area (Å²) in [4.78, 5) is 14.3. The number of fused-ring (bicyclic) bond motifs is 1. The van der Waals surface area contributed by atoms with E-state index in [0.29, 0.717) is 6.54 Å². The number of amides is 2. The van der Waals surface area contributed by atoms with Gasteiger partial charge in [0.15, 0.2) is 0 Å². The first-order valence-corrected chi connectivity index (χ1v) is 7.63. The third kappa shape index (κ3) is 2.83. The van der Waals surface area contributed by atoms with Crippen molar-refractivity contribution in [2.75, 3.05) is 18.1 Å². The van der Waals surface area contributed by atoms with Crippen molar-refractivity contribution in [2.45, 2.75) is 38.3 Å². The third-order valence-electron chi connectivity index (χ3n) is 4.37. The lowest BCUT2D eigenvalue weighted by atomic mass is 10.1. The van der Waals surface area contributed by atoms with E-state index in [1.807, 2.05) is 31.2 Å². The number of nitrogens with one attached hydrogen (secondary N) is 1. The molecule has 5 nitrogen and oxygen atoms in total. The van der Waals surface area contributed by atoms with Crippen molar-refractivity contribution in [3.8, 4) is 5.75 Å². The lowest BCUT2D eigenvalue weighted by Gasteiger charge is -2.34. The summed E-state index contributed by atoms with van der Waals surface area (Å²) in [5, 5.41) is 12.5. The van der Waals surface area contributed by atoms with Gasteiger partial charge < -0.3 is 15.2 Å². The number of carbonyl (C=O) groups is 1. The number of hydrogen-bond acceptors (Lipinski definition) is 3. The predicted octanol–water partition coefficient (Wildman–Crippen LogP) is 2.14. The fourth-order valence-electron chi connectivity index (χ4n) is 3.26. The Balaban J connectivity index is 1.75. The standard InChI is InChI=1S/C16H22N2O3/c1-11-9-18(14-7-2-3-8-15(14)21-11)16(20)17-13-6-4-5-12(13)10-19/h2-3,7-8,11-13,19H,4-6,9-10H2,1H3,(H,17,20). The molecular formula is C16H22N2O3. The quantitative estimate of drug-likeness (QED) is 0.877. The Morgan fingerprint density at radius 3 is 3.05 bits per heavy atom. The lowest BCUT2D eigenvalue weighted by molar-refractivity contribution is 0.192. The van der Waals surface area contributed by atoms with E-state index in [1.165, 1.54) is 0 Å². The molecule has 0 bridgehead atoms. The zero-order valence-corrected chi connectivity index (χ0v) is 12.3. The molecule has 5 heteroatoms. The molecule has 2 N–H and O–H groups in total. The molecule has 3 rings (SSSR count). The number of urea groups is 1. The first-order valence-electron chi connectivity index (χ1n) is 7.63. The minimum atomic E-state index is -0.0945. The molecule has 0 saturated heterocycles. The molecule has 0 spiro atoms. The summed E-state index contributed by atoms with van der Waals surface area (Å²) in [5.74, 6) is 0.930. The average Bonchev–Trinajstić information content (AvgIpc) is 2.93. The number of aliphatic hydroxyl groups excluding tert-OH is 1. The van der Waals surface area contributed by atoms with Gasteiger partial charge in [-0.3, -0.25) is 4.90 Å². The molecule has 0 radical (unpaired) electrons. The number of benzene rings is 1. The monoisotopic (exact) mass is 290 g/mol. The topological polar surface area (TPSA) is 61.8 Å². The van der Waals surface area contributed by atoms with Crippen LogP contribution in [0.4, 0.5) is 10.5 Å². The Labute approximate surface area is 124 Å². The van der Waals surface area contributed by atoms with Crippen LogP contribution in [0.3, 0.4) is 0 Å². The number of rotatable bonds is 2. The molecule has 2 aliphatic rings. The number of carbonyl (C=O) groups excluding carboxylic acids is 1. The van der Waals surface area contributed by atoms with E-state index in [2.05, 4.69) is 5.32 Å². The number of para-hydroxylation sites is 2. The fourth-order valence-corrected chi connectivity index (χ4v) is 3.26. The van der Waals surface area contributed by atoms with Crippen LogP contribution in [0.2, 0.25) is 0 Å². The molecule has 1 aliphatic carbocycles. The van der Waals surface area contributed by atoms with Gasteiger partial charge in [-0.25, -0.2) is 4.79 Å². The Hall–Kier alpha value is -1.75. The third-order valence-corrected chi connectivity index (χ3v) is 4.37. The molecule has 1 fully saturated rings. The largest absolute Gasteiger partial charge is 0.487 e. The molecule has 1 aliphatic heterocycles. The summed E-state index contributed by atoms with van der Waals surface area (Å²) < 4.78 is 5.76. The number of anilines is 1. The first-order chi connectivity index (χ1) is 10.2. The van der Waals surface area contributed by atoms with Crippen LogP contribution in [0.15, 0.2) is 24.3 Å². The van der Waals surface area contributed by atoms with E-state index in [9.17, 15) is 9.90 Å². The lowest BCUT2D eigenvalue weighted by Crippen LogP contribution is -2.51. The highest BCUT2D eigenvalue weighted by Gasteiger charge is 2.32. The van der Waals surface area contributed by atoms with Crippen molar-refractivity contribution >= 4 is 11.7 Å². The number of ether oxygens (including phenoxy) is 1. The molecule has 1 heterocycles. The molecular weight excluding hydrogens is 268 g/mol. The van der Waals surface area contributed by atoms with Crippen LogP contribution >= 0.6 is 0 Å². The van der Waals surface area contributed by atoms with Gasteiger partial charge in [0.1, 0.15) is 11.9 Å². The van der Waals surface area contributed by atoms with Gasteiger partial charge in [-0.15, -0.1) is 0 Å². The van der Waals surface area contributed by atoms with E-state index in [4.69, 9.17) is 4.74 Å². The molecule has 2 amide bonds. The summed E-state index contributed by atoms with van der Waals surface area (Å²) >= 11 is 0. The van der Waals surface area contributed by atoms with Gasteiger partial charge in [-0.1, -0.05) is 18.6 Å². The van der Waals surface area contributed by atoms with Crippen LogP contribution in [0.1, 0.15) is 26.2 Å². The van der Waals surface area contributed by atoms with Crippen LogP contribution in [-0.2, 0) is 0 Å². The van der Waals surface area contributed by atoms with E-state index >= 15 is 0 Å². The van der Waals surface area contributed by atoms with Crippen LogP contribution in [0, 0.1) is 5.92 Å². The molecule has 21 heavy (non-hydrogen) atoms. The van der Waals surface area contributed by atoms with E-state index in [0.717, 1.165) is 30.7 Å². The van der Waals surface area contributed by atoms with E-state index in [1.54, 1.807) is 4.90 Å². The summed E-state index contributed by atoms with van der Waals surface area (Å²) in [6, 6.07) is 7.59. The van der Waals surface area contributed by atoms with E-state index < -0.39 is 0 Å². The van der Waals surface area contributed by atoms with Gasteiger partial charge in [0.25, 0.3) is 0 Å². The Bertz CT molecular complexity index is 520. The van der Waals surface area contributed by atoms with Crippen molar-refractivity contribution in [1.29, 1.82) is 0 Å². The number of nitrogens with zero attached hydrogens (tertiary/aromatic N) is 1. The second-order valence-electron chi connectivity index (χ2n) is 5.94. The normalized spacial score (nSPS) is 27.9. The van der Waals surface area contributed by atoms with Crippen molar-refractivity contribution < 1.29 is 14.6 Å². The Morgan fingerprint density at radius 2 is 2.24 bits per heavy atom. The molecule has 3 atom stereocenters. The van der Waals surface area contributed by atoms with Gasteiger partial charge >= 0.3 is 6.03 Å². The fraction of sp³-hybridized carbons (Fsp3) is 0.562. The first kappa shape index (κ1) is 14.2. The molecule has 114 valence electrons. The van der Waals surface area contributed by atoms with Gasteiger partial charge in [-0.05, 0) is 31.9 Å². The smallest absolute Gasteiger partial charge is 0.322 e. The number of aliphatic hydroxyl groups is 1. The highest BCUT2D eigenvalue weighted by Crippen LogP contribution is 2.33. The highest BCUT2D eigenvalue weighted by atomic mass is 16.5. The average molecular weight is 290 g/mol. The predicted molar refractivity (Wildman–Crippen MR) is 80.6 cm³/mol. The van der Waals surface area contributed by atoms with Crippen molar-refractivity contribution in [3.05, 3.63) is 24.3 Å². The van der Waals surface area contributed by atoms with Crippen LogP contribution in [-0.4, -0.2) is 36.4 Å². The summed E-state index contributed by atoms with van der Waals surface area (Å²) in [6.07, 6.45) is 2.96. The van der Waals surface area contributed by atoms with E-state index in [-0.39, 0.29) is 30.7 Å². The molecule has 1 saturated carbocycles. The van der Waals surface area contributed by atoms with Crippen molar-refractivity contribution in [1.82, 2.24) is 5.32 Å².